The molecule has 0 aromatic carbocycles. The van der Waals surface area contributed by atoms with E-state index < -0.39 is 0 Å². The molecule has 0 radical (unpaired) electrons. The molecule has 1 N–H and O–H groups in total. The Kier molecular flexibility index (Phi) is 5.61. The van der Waals surface area contributed by atoms with Gasteiger partial charge in [0, 0.05) is 11.6 Å². The van der Waals surface area contributed by atoms with Crippen LogP contribution in [0.15, 0.2) is 16.7 Å². The average molecular weight is 223 g/mol. The molecule has 1 aromatic heterocycles. The van der Waals surface area contributed by atoms with Gasteiger partial charge in [0.05, 0.1) is 6.26 Å². The number of aryl methyl sites for hydroxylation is 1. The first-order chi connectivity index (χ1) is 7.69. The predicted octanol–water partition coefficient (Wildman–Crippen LogP) is 4.06. The minimum Gasteiger partial charge on any atom is -0.469 e. The summed E-state index contributed by atoms with van der Waals surface area (Å²) in [5.74, 6) is 1.66. The van der Waals surface area contributed by atoms with Crippen LogP contribution in [-0.4, -0.2) is 6.54 Å². The van der Waals surface area contributed by atoms with Crippen molar-refractivity contribution in [1.82, 2.24) is 5.32 Å². The summed E-state index contributed by atoms with van der Waals surface area (Å²) >= 11 is 0. The van der Waals surface area contributed by atoms with Crippen molar-refractivity contribution < 1.29 is 4.42 Å². The largest absolute Gasteiger partial charge is 0.469 e. The summed E-state index contributed by atoms with van der Waals surface area (Å²) < 4.78 is 5.41. The molecule has 0 aliphatic heterocycles. The molecule has 1 heterocycles. The van der Waals surface area contributed by atoms with Crippen molar-refractivity contribution >= 4 is 0 Å². The van der Waals surface area contributed by atoms with Gasteiger partial charge >= 0.3 is 0 Å². The first kappa shape index (κ1) is 13.3. The van der Waals surface area contributed by atoms with Gasteiger partial charge in [-0.15, -0.1) is 0 Å². The Morgan fingerprint density at radius 1 is 1.31 bits per heavy atom. The van der Waals surface area contributed by atoms with E-state index in [1.165, 1.54) is 24.8 Å². The van der Waals surface area contributed by atoms with E-state index in [0.717, 1.165) is 12.3 Å². The minimum absolute atomic E-state index is 0.442. The molecular weight excluding hydrogens is 198 g/mol. The summed E-state index contributed by atoms with van der Waals surface area (Å²) in [7, 11) is 0. The molecule has 0 aliphatic carbocycles. The van der Waals surface area contributed by atoms with E-state index in [1.54, 1.807) is 0 Å². The SMILES string of the molecule is CCCNC(c1coc(C)c1)C(C)CCC. The third kappa shape index (κ3) is 3.67. The van der Waals surface area contributed by atoms with Crippen molar-refractivity contribution in [1.29, 1.82) is 0 Å². The zero-order valence-electron chi connectivity index (χ0n) is 11.0. The highest BCUT2D eigenvalue weighted by Crippen LogP contribution is 2.26. The maximum atomic E-state index is 5.41. The highest BCUT2D eigenvalue weighted by molar-refractivity contribution is 5.17. The Bertz CT molecular complexity index is 293. The molecule has 0 amide bonds. The standard InChI is InChI=1S/C14H25NO/c1-5-7-11(3)14(15-8-6-2)13-9-12(4)16-10-13/h9-11,14-15H,5-8H2,1-4H3. The van der Waals surface area contributed by atoms with Gasteiger partial charge < -0.3 is 9.73 Å². The molecule has 0 aliphatic rings. The minimum atomic E-state index is 0.442. The number of hydrogen-bond acceptors (Lipinski definition) is 2. The van der Waals surface area contributed by atoms with Crippen molar-refractivity contribution in [3.05, 3.63) is 23.7 Å². The van der Waals surface area contributed by atoms with Crippen molar-refractivity contribution in [3.8, 4) is 0 Å². The molecule has 0 saturated carbocycles. The summed E-state index contributed by atoms with van der Waals surface area (Å²) in [6, 6.07) is 2.59. The zero-order chi connectivity index (χ0) is 12.0. The van der Waals surface area contributed by atoms with Crippen molar-refractivity contribution in [2.75, 3.05) is 6.54 Å². The van der Waals surface area contributed by atoms with Crippen LogP contribution >= 0.6 is 0 Å². The van der Waals surface area contributed by atoms with Crippen LogP contribution < -0.4 is 5.32 Å². The molecule has 2 nitrogen and oxygen atoms in total. The molecule has 0 bridgehead atoms. The normalized spacial score (nSPS) is 15.0. The van der Waals surface area contributed by atoms with Crippen LogP contribution in [0.1, 0.15) is 57.4 Å². The fraction of sp³-hybridized carbons (Fsp3) is 0.714. The molecule has 16 heavy (non-hydrogen) atoms. The van der Waals surface area contributed by atoms with E-state index in [9.17, 15) is 0 Å². The number of rotatable bonds is 7. The predicted molar refractivity (Wildman–Crippen MR) is 68.6 cm³/mol. The molecular formula is C14H25NO. The Morgan fingerprint density at radius 3 is 2.56 bits per heavy atom. The molecule has 2 unspecified atom stereocenters. The average Bonchev–Trinajstić information content (AvgIpc) is 2.66. The van der Waals surface area contributed by atoms with E-state index in [0.29, 0.717) is 12.0 Å². The van der Waals surface area contributed by atoms with Gasteiger partial charge in [0.1, 0.15) is 5.76 Å². The van der Waals surface area contributed by atoms with Crippen molar-refractivity contribution in [2.24, 2.45) is 5.92 Å². The Morgan fingerprint density at radius 2 is 2.06 bits per heavy atom. The fourth-order valence-electron chi connectivity index (χ4n) is 2.20. The molecule has 1 rings (SSSR count). The van der Waals surface area contributed by atoms with Crippen LogP contribution in [0.2, 0.25) is 0 Å². The van der Waals surface area contributed by atoms with E-state index in [1.807, 2.05) is 13.2 Å². The highest BCUT2D eigenvalue weighted by atomic mass is 16.3. The Balaban J connectivity index is 2.69. The lowest BCUT2D eigenvalue weighted by Gasteiger charge is -2.23. The monoisotopic (exact) mass is 223 g/mol. The molecule has 2 heteroatoms. The topological polar surface area (TPSA) is 25.2 Å². The van der Waals surface area contributed by atoms with Crippen LogP contribution in [0.25, 0.3) is 0 Å². The number of hydrogen-bond donors (Lipinski definition) is 1. The van der Waals surface area contributed by atoms with Gasteiger partial charge in [-0.1, -0.05) is 27.2 Å². The second-order valence-electron chi connectivity index (χ2n) is 4.69. The molecule has 92 valence electrons. The van der Waals surface area contributed by atoms with Crippen LogP contribution in [0.3, 0.4) is 0 Å². The quantitative estimate of drug-likeness (QED) is 0.754. The molecule has 0 saturated heterocycles. The molecule has 1 aromatic rings. The van der Waals surface area contributed by atoms with Gasteiger partial charge in [-0.2, -0.15) is 0 Å². The van der Waals surface area contributed by atoms with E-state index in [-0.39, 0.29) is 0 Å². The lowest BCUT2D eigenvalue weighted by atomic mass is 9.92. The third-order valence-electron chi connectivity index (χ3n) is 3.04. The fourth-order valence-corrected chi connectivity index (χ4v) is 2.20. The van der Waals surface area contributed by atoms with E-state index in [2.05, 4.69) is 32.2 Å². The Hall–Kier alpha value is -0.760. The van der Waals surface area contributed by atoms with Gasteiger partial charge in [0.15, 0.2) is 0 Å². The summed E-state index contributed by atoms with van der Waals surface area (Å²) in [5, 5.41) is 3.62. The molecule has 2 atom stereocenters. The second kappa shape index (κ2) is 6.74. The number of nitrogens with one attached hydrogen (secondary N) is 1. The number of furan rings is 1. The Labute approximate surface area is 99.4 Å². The van der Waals surface area contributed by atoms with E-state index in [4.69, 9.17) is 4.42 Å². The molecule has 0 fully saturated rings. The highest BCUT2D eigenvalue weighted by Gasteiger charge is 2.19. The van der Waals surface area contributed by atoms with Gasteiger partial charge in [0.2, 0.25) is 0 Å². The van der Waals surface area contributed by atoms with Gasteiger partial charge in [-0.3, -0.25) is 0 Å². The first-order valence-electron chi connectivity index (χ1n) is 6.47. The first-order valence-corrected chi connectivity index (χ1v) is 6.47. The summed E-state index contributed by atoms with van der Waals surface area (Å²) in [4.78, 5) is 0. The van der Waals surface area contributed by atoms with Gasteiger partial charge in [-0.05, 0) is 38.3 Å². The van der Waals surface area contributed by atoms with Crippen LogP contribution in [0.4, 0.5) is 0 Å². The van der Waals surface area contributed by atoms with Gasteiger partial charge in [-0.25, -0.2) is 0 Å². The van der Waals surface area contributed by atoms with Gasteiger partial charge in [0.25, 0.3) is 0 Å². The summed E-state index contributed by atoms with van der Waals surface area (Å²) in [5.41, 5.74) is 1.30. The maximum Gasteiger partial charge on any atom is 0.101 e. The maximum absolute atomic E-state index is 5.41. The van der Waals surface area contributed by atoms with Crippen molar-refractivity contribution in [3.63, 3.8) is 0 Å². The lowest BCUT2D eigenvalue weighted by molar-refractivity contribution is 0.360. The van der Waals surface area contributed by atoms with Crippen molar-refractivity contribution in [2.45, 2.75) is 53.0 Å². The molecule has 0 spiro atoms. The van der Waals surface area contributed by atoms with Crippen LogP contribution in [0.5, 0.6) is 0 Å². The second-order valence-corrected chi connectivity index (χ2v) is 4.69. The summed E-state index contributed by atoms with van der Waals surface area (Å²) in [6.07, 6.45) is 5.56. The van der Waals surface area contributed by atoms with Crippen LogP contribution in [0, 0.1) is 12.8 Å². The van der Waals surface area contributed by atoms with E-state index >= 15 is 0 Å². The van der Waals surface area contributed by atoms with Crippen LogP contribution in [-0.2, 0) is 0 Å². The third-order valence-corrected chi connectivity index (χ3v) is 3.04. The zero-order valence-corrected chi connectivity index (χ0v) is 11.0. The lowest BCUT2D eigenvalue weighted by Crippen LogP contribution is -2.27. The smallest absolute Gasteiger partial charge is 0.101 e. The summed E-state index contributed by atoms with van der Waals surface area (Å²) in [6.45, 7) is 9.84.